The number of carbonyl (C=O) groups excluding carboxylic acids is 1. The number of hydrogen-bond donors (Lipinski definition) is 3. The topological polar surface area (TPSA) is 87.0 Å². The van der Waals surface area contributed by atoms with Crippen LogP contribution in [-0.2, 0) is 9.53 Å². The lowest BCUT2D eigenvalue weighted by molar-refractivity contribution is -0.157. The molecule has 0 saturated heterocycles. The normalized spacial score (nSPS) is 40.7. The standard InChI is InChI=1S/C10H16O5/c1-6-10(14)8(12)4-2-7(11)3-5-9(13)15-6/h2,4,6-8,10-12,14H,3,5H2,1H3/b4-2+/t6-,7+,8-,10-/m0/s1. The van der Waals surface area contributed by atoms with Crippen LogP contribution < -0.4 is 0 Å². The Labute approximate surface area is 88.0 Å². The SMILES string of the molecule is C[C@@H]1OC(=O)CC[C@H](O)/C=C/[C@H](O)[C@H]1O. The number of aliphatic hydroxyl groups excluding tert-OH is 3. The van der Waals surface area contributed by atoms with Gasteiger partial charge in [0.25, 0.3) is 0 Å². The third kappa shape index (κ3) is 3.62. The molecule has 0 aromatic heterocycles. The van der Waals surface area contributed by atoms with Gasteiger partial charge in [-0.25, -0.2) is 0 Å². The van der Waals surface area contributed by atoms with Gasteiger partial charge >= 0.3 is 5.97 Å². The van der Waals surface area contributed by atoms with Gasteiger partial charge in [0.15, 0.2) is 0 Å². The zero-order valence-corrected chi connectivity index (χ0v) is 8.54. The van der Waals surface area contributed by atoms with Crippen molar-refractivity contribution >= 4 is 5.97 Å². The molecule has 1 rings (SSSR count). The van der Waals surface area contributed by atoms with Crippen LogP contribution >= 0.6 is 0 Å². The Hall–Kier alpha value is -0.910. The van der Waals surface area contributed by atoms with Gasteiger partial charge in [-0.1, -0.05) is 12.2 Å². The molecule has 0 aromatic carbocycles. The van der Waals surface area contributed by atoms with E-state index in [9.17, 15) is 20.1 Å². The largest absolute Gasteiger partial charge is 0.460 e. The number of rotatable bonds is 0. The third-order valence-corrected chi connectivity index (χ3v) is 2.32. The van der Waals surface area contributed by atoms with E-state index in [-0.39, 0.29) is 12.8 Å². The third-order valence-electron chi connectivity index (χ3n) is 2.32. The van der Waals surface area contributed by atoms with Crippen molar-refractivity contribution in [3.05, 3.63) is 12.2 Å². The molecular formula is C10H16O5. The molecule has 1 aliphatic rings. The fraction of sp³-hybridized carbons (Fsp3) is 0.700. The molecule has 5 nitrogen and oxygen atoms in total. The minimum absolute atomic E-state index is 0.0959. The van der Waals surface area contributed by atoms with Crippen molar-refractivity contribution in [2.24, 2.45) is 0 Å². The fourth-order valence-electron chi connectivity index (χ4n) is 1.33. The second kappa shape index (κ2) is 5.25. The number of ether oxygens (including phenoxy) is 1. The van der Waals surface area contributed by atoms with Crippen LogP contribution in [0.3, 0.4) is 0 Å². The van der Waals surface area contributed by atoms with Gasteiger partial charge in [0.05, 0.1) is 6.10 Å². The Morgan fingerprint density at radius 1 is 1.33 bits per heavy atom. The molecule has 0 aliphatic carbocycles. The van der Waals surface area contributed by atoms with E-state index in [0.717, 1.165) is 0 Å². The van der Waals surface area contributed by atoms with Crippen LogP contribution in [-0.4, -0.2) is 45.7 Å². The lowest BCUT2D eigenvalue weighted by atomic mass is 10.1. The average molecular weight is 216 g/mol. The van der Waals surface area contributed by atoms with E-state index in [4.69, 9.17) is 4.74 Å². The van der Waals surface area contributed by atoms with E-state index >= 15 is 0 Å². The summed E-state index contributed by atoms with van der Waals surface area (Å²) in [5, 5.41) is 28.3. The van der Waals surface area contributed by atoms with Gasteiger partial charge in [0, 0.05) is 6.42 Å². The van der Waals surface area contributed by atoms with Crippen molar-refractivity contribution in [2.45, 2.75) is 44.2 Å². The summed E-state index contributed by atoms with van der Waals surface area (Å²) in [4.78, 5) is 11.2. The minimum atomic E-state index is -1.17. The molecule has 4 atom stereocenters. The van der Waals surface area contributed by atoms with Crippen molar-refractivity contribution in [2.75, 3.05) is 0 Å². The molecule has 0 radical (unpaired) electrons. The second-order valence-corrected chi connectivity index (χ2v) is 3.67. The smallest absolute Gasteiger partial charge is 0.306 e. The highest BCUT2D eigenvalue weighted by molar-refractivity contribution is 5.69. The van der Waals surface area contributed by atoms with Crippen LogP contribution in [0, 0.1) is 0 Å². The van der Waals surface area contributed by atoms with E-state index in [1.54, 1.807) is 0 Å². The molecule has 1 aliphatic heterocycles. The summed E-state index contributed by atoms with van der Waals surface area (Å²) in [6.07, 6.45) is -0.829. The zero-order valence-electron chi connectivity index (χ0n) is 8.54. The average Bonchev–Trinajstić information content (AvgIpc) is 2.20. The first-order chi connectivity index (χ1) is 7.00. The highest BCUT2D eigenvalue weighted by Gasteiger charge is 2.25. The minimum Gasteiger partial charge on any atom is -0.460 e. The Morgan fingerprint density at radius 3 is 2.67 bits per heavy atom. The van der Waals surface area contributed by atoms with Crippen LogP contribution in [0.5, 0.6) is 0 Å². The van der Waals surface area contributed by atoms with E-state index < -0.39 is 30.4 Å². The van der Waals surface area contributed by atoms with Crippen LogP contribution in [0.2, 0.25) is 0 Å². The Bertz CT molecular complexity index is 250. The van der Waals surface area contributed by atoms with Crippen LogP contribution in [0.25, 0.3) is 0 Å². The number of cyclic esters (lactones) is 1. The molecule has 0 fully saturated rings. The van der Waals surface area contributed by atoms with Gasteiger partial charge in [-0.05, 0) is 13.3 Å². The molecule has 15 heavy (non-hydrogen) atoms. The molecule has 0 amide bonds. The molecule has 3 N–H and O–H groups in total. The Balaban J connectivity index is 2.74. The van der Waals surface area contributed by atoms with E-state index in [0.29, 0.717) is 0 Å². The van der Waals surface area contributed by atoms with Crippen LogP contribution in [0.4, 0.5) is 0 Å². The van der Waals surface area contributed by atoms with Crippen molar-refractivity contribution in [1.82, 2.24) is 0 Å². The summed E-state index contributed by atoms with van der Waals surface area (Å²) in [7, 11) is 0. The quantitative estimate of drug-likeness (QED) is 0.370. The summed E-state index contributed by atoms with van der Waals surface area (Å²) >= 11 is 0. The zero-order chi connectivity index (χ0) is 11.4. The maximum atomic E-state index is 11.2. The van der Waals surface area contributed by atoms with Gasteiger partial charge in [-0.3, -0.25) is 4.79 Å². The molecular weight excluding hydrogens is 200 g/mol. The summed E-state index contributed by atoms with van der Waals surface area (Å²) in [5.74, 6) is -0.483. The number of hydrogen-bond acceptors (Lipinski definition) is 5. The van der Waals surface area contributed by atoms with Crippen molar-refractivity contribution in [1.29, 1.82) is 0 Å². The second-order valence-electron chi connectivity index (χ2n) is 3.67. The maximum absolute atomic E-state index is 11.2. The molecule has 1 heterocycles. The van der Waals surface area contributed by atoms with E-state index in [1.807, 2.05) is 0 Å². The predicted octanol–water partition coefficient (Wildman–Crippen LogP) is -0.649. The molecule has 0 spiro atoms. The van der Waals surface area contributed by atoms with Crippen molar-refractivity contribution < 1.29 is 24.9 Å². The molecule has 0 bridgehead atoms. The summed E-state index contributed by atoms with van der Waals surface area (Å²) in [5.41, 5.74) is 0. The number of aliphatic hydroxyl groups is 3. The molecule has 0 unspecified atom stereocenters. The first-order valence-electron chi connectivity index (χ1n) is 4.92. The summed E-state index contributed by atoms with van der Waals surface area (Å²) < 4.78 is 4.86. The summed E-state index contributed by atoms with van der Waals surface area (Å²) in [6.45, 7) is 1.51. The van der Waals surface area contributed by atoms with E-state index in [1.165, 1.54) is 19.1 Å². The van der Waals surface area contributed by atoms with Crippen LogP contribution in [0.1, 0.15) is 19.8 Å². The first kappa shape index (κ1) is 12.2. The van der Waals surface area contributed by atoms with Gasteiger partial charge in [0.2, 0.25) is 0 Å². The monoisotopic (exact) mass is 216 g/mol. The first-order valence-corrected chi connectivity index (χ1v) is 4.92. The van der Waals surface area contributed by atoms with Gasteiger partial charge in [0.1, 0.15) is 18.3 Å². The van der Waals surface area contributed by atoms with Crippen molar-refractivity contribution in [3.63, 3.8) is 0 Å². The van der Waals surface area contributed by atoms with Gasteiger partial charge < -0.3 is 20.1 Å². The van der Waals surface area contributed by atoms with E-state index in [2.05, 4.69) is 0 Å². The highest BCUT2D eigenvalue weighted by atomic mass is 16.6. The predicted molar refractivity (Wildman–Crippen MR) is 51.9 cm³/mol. The molecule has 0 aromatic rings. The van der Waals surface area contributed by atoms with Gasteiger partial charge in [-0.2, -0.15) is 0 Å². The number of esters is 1. The molecule has 86 valence electrons. The fourth-order valence-corrected chi connectivity index (χ4v) is 1.33. The Morgan fingerprint density at radius 2 is 2.00 bits per heavy atom. The van der Waals surface area contributed by atoms with Crippen LogP contribution in [0.15, 0.2) is 12.2 Å². The highest BCUT2D eigenvalue weighted by Crippen LogP contribution is 2.11. The van der Waals surface area contributed by atoms with Crippen molar-refractivity contribution in [3.8, 4) is 0 Å². The Kier molecular flexibility index (Phi) is 4.26. The molecule has 5 heteroatoms. The van der Waals surface area contributed by atoms with Gasteiger partial charge in [-0.15, -0.1) is 0 Å². The maximum Gasteiger partial charge on any atom is 0.306 e. The lowest BCUT2D eigenvalue weighted by Gasteiger charge is -2.23. The lowest BCUT2D eigenvalue weighted by Crippen LogP contribution is -2.38. The summed E-state index contributed by atoms with van der Waals surface area (Å²) in [6, 6.07) is 0. The number of carbonyl (C=O) groups is 1. The molecule has 0 saturated carbocycles.